The molecule has 0 aromatic carbocycles. The van der Waals surface area contributed by atoms with Crippen molar-refractivity contribution in [2.24, 2.45) is 5.92 Å². The average molecular weight is 272 g/mol. The van der Waals surface area contributed by atoms with E-state index < -0.39 is 0 Å². The zero-order valence-corrected chi connectivity index (χ0v) is 11.9. The maximum absolute atomic E-state index is 11.4. The highest BCUT2D eigenvalue weighted by molar-refractivity contribution is 7.99. The molecule has 7 heteroatoms. The molecule has 0 bridgehead atoms. The Morgan fingerprint density at radius 1 is 1.50 bits per heavy atom. The molecule has 0 saturated carbocycles. The van der Waals surface area contributed by atoms with Crippen molar-refractivity contribution in [3.8, 4) is 0 Å². The Balaban J connectivity index is 2.34. The van der Waals surface area contributed by atoms with E-state index in [1.807, 2.05) is 0 Å². The van der Waals surface area contributed by atoms with Gasteiger partial charge < -0.3 is 4.74 Å². The van der Waals surface area contributed by atoms with Crippen molar-refractivity contribution in [3.63, 3.8) is 0 Å². The summed E-state index contributed by atoms with van der Waals surface area (Å²) >= 11 is 1.31. The third-order valence-corrected chi connectivity index (χ3v) is 3.05. The van der Waals surface area contributed by atoms with E-state index in [1.54, 1.807) is 4.68 Å². The third kappa shape index (κ3) is 5.48. The van der Waals surface area contributed by atoms with Crippen molar-refractivity contribution in [2.75, 3.05) is 12.4 Å². The summed E-state index contributed by atoms with van der Waals surface area (Å²) < 4.78 is 6.78. The third-order valence-electron chi connectivity index (χ3n) is 2.12. The summed E-state index contributed by atoms with van der Waals surface area (Å²) in [4.78, 5) is 11.4. The first kappa shape index (κ1) is 14.9. The number of esters is 1. The van der Waals surface area contributed by atoms with Crippen LogP contribution in [0, 0.1) is 5.92 Å². The minimum absolute atomic E-state index is 0.215. The molecule has 0 N–H and O–H groups in total. The summed E-state index contributed by atoms with van der Waals surface area (Å²) in [6.07, 6.45) is 1.93. The molecule has 1 aromatic rings. The van der Waals surface area contributed by atoms with E-state index >= 15 is 0 Å². The second-order valence-electron chi connectivity index (χ2n) is 4.40. The van der Waals surface area contributed by atoms with Gasteiger partial charge in [0.05, 0.1) is 12.4 Å². The second-order valence-corrected chi connectivity index (χ2v) is 5.34. The molecule has 0 fully saturated rings. The number of hydrogen-bond donors (Lipinski definition) is 0. The molecule has 0 aliphatic heterocycles. The van der Waals surface area contributed by atoms with Crippen LogP contribution in [0.4, 0.5) is 0 Å². The lowest BCUT2D eigenvalue weighted by molar-refractivity contribution is -0.140. The van der Waals surface area contributed by atoms with Gasteiger partial charge in [-0.2, -0.15) is 0 Å². The van der Waals surface area contributed by atoms with Crippen molar-refractivity contribution in [3.05, 3.63) is 0 Å². The summed E-state index contributed by atoms with van der Waals surface area (Å²) in [6.45, 7) is 7.49. The molecule has 1 aromatic heterocycles. The molecule has 0 radical (unpaired) electrons. The molecule has 18 heavy (non-hydrogen) atoms. The van der Waals surface area contributed by atoms with E-state index in [0.717, 1.165) is 19.4 Å². The molecule has 0 aliphatic rings. The number of tetrazole rings is 1. The predicted molar refractivity (Wildman–Crippen MR) is 69.2 cm³/mol. The molecular formula is C11H20N4O2S. The summed E-state index contributed by atoms with van der Waals surface area (Å²) in [5, 5.41) is 12.1. The minimum atomic E-state index is -0.215. The highest BCUT2D eigenvalue weighted by atomic mass is 32.2. The maximum Gasteiger partial charge on any atom is 0.316 e. The Labute approximate surface area is 111 Å². The molecule has 0 unspecified atom stereocenters. The Morgan fingerprint density at radius 2 is 2.28 bits per heavy atom. The lowest BCUT2D eigenvalue weighted by atomic mass is 10.2. The van der Waals surface area contributed by atoms with Crippen LogP contribution in [0.15, 0.2) is 5.16 Å². The van der Waals surface area contributed by atoms with Crippen LogP contribution in [-0.4, -0.2) is 38.5 Å². The lowest BCUT2D eigenvalue weighted by Gasteiger charge is -2.06. The van der Waals surface area contributed by atoms with Crippen LogP contribution in [0.3, 0.4) is 0 Å². The number of carbonyl (C=O) groups is 1. The lowest BCUT2D eigenvalue weighted by Crippen LogP contribution is -2.11. The van der Waals surface area contributed by atoms with Crippen molar-refractivity contribution in [1.29, 1.82) is 0 Å². The van der Waals surface area contributed by atoms with Crippen LogP contribution in [0.25, 0.3) is 0 Å². The van der Waals surface area contributed by atoms with E-state index in [0.29, 0.717) is 17.7 Å². The van der Waals surface area contributed by atoms with Crippen LogP contribution in [0.1, 0.15) is 33.6 Å². The zero-order valence-electron chi connectivity index (χ0n) is 11.1. The first-order valence-electron chi connectivity index (χ1n) is 6.18. The molecule has 0 atom stereocenters. The molecule has 0 aliphatic carbocycles. The van der Waals surface area contributed by atoms with Gasteiger partial charge in [0.25, 0.3) is 0 Å². The van der Waals surface area contributed by atoms with Gasteiger partial charge >= 0.3 is 5.97 Å². The number of thioether (sulfide) groups is 1. The van der Waals surface area contributed by atoms with Gasteiger partial charge in [-0.05, 0) is 22.8 Å². The van der Waals surface area contributed by atoms with Gasteiger partial charge in [-0.25, -0.2) is 4.68 Å². The molecular weight excluding hydrogens is 252 g/mol. The fraction of sp³-hybridized carbons (Fsp3) is 0.818. The Morgan fingerprint density at radius 3 is 2.94 bits per heavy atom. The first-order chi connectivity index (χ1) is 8.63. The number of nitrogens with zero attached hydrogens (tertiary/aromatic N) is 4. The highest BCUT2D eigenvalue weighted by Crippen LogP contribution is 2.15. The van der Waals surface area contributed by atoms with Crippen LogP contribution >= 0.6 is 11.8 Å². The van der Waals surface area contributed by atoms with E-state index in [4.69, 9.17) is 4.74 Å². The van der Waals surface area contributed by atoms with Crippen molar-refractivity contribution in [2.45, 2.75) is 45.3 Å². The largest absolute Gasteiger partial charge is 0.465 e. The Kier molecular flexibility index (Phi) is 6.70. The number of rotatable bonds is 8. The van der Waals surface area contributed by atoms with Crippen molar-refractivity contribution in [1.82, 2.24) is 20.2 Å². The highest BCUT2D eigenvalue weighted by Gasteiger charge is 2.11. The van der Waals surface area contributed by atoms with Gasteiger partial charge in [0.15, 0.2) is 0 Å². The number of unbranched alkanes of at least 4 members (excludes halogenated alkanes) is 1. The Hall–Kier alpha value is -1.11. The normalized spacial score (nSPS) is 10.9. The van der Waals surface area contributed by atoms with Gasteiger partial charge in [-0.3, -0.25) is 4.79 Å². The minimum Gasteiger partial charge on any atom is -0.465 e. The zero-order chi connectivity index (χ0) is 13.4. The quantitative estimate of drug-likeness (QED) is 0.408. The molecule has 0 saturated heterocycles. The van der Waals surface area contributed by atoms with Crippen molar-refractivity contribution < 1.29 is 9.53 Å². The molecule has 0 spiro atoms. The van der Waals surface area contributed by atoms with Crippen LogP contribution in [0.2, 0.25) is 0 Å². The number of aromatic nitrogens is 4. The monoisotopic (exact) mass is 272 g/mol. The molecule has 1 rings (SSSR count). The summed E-state index contributed by atoms with van der Waals surface area (Å²) in [7, 11) is 0. The summed E-state index contributed by atoms with van der Waals surface area (Å²) in [5.41, 5.74) is 0. The van der Waals surface area contributed by atoms with Gasteiger partial charge in [0, 0.05) is 6.54 Å². The van der Waals surface area contributed by atoms with Crippen LogP contribution in [0.5, 0.6) is 0 Å². The number of hydrogen-bond acceptors (Lipinski definition) is 6. The summed E-state index contributed by atoms with van der Waals surface area (Å²) in [6, 6.07) is 0. The number of carbonyl (C=O) groups excluding carboxylic acids is 1. The molecule has 6 nitrogen and oxygen atoms in total. The van der Waals surface area contributed by atoms with Gasteiger partial charge in [0.2, 0.25) is 5.16 Å². The average Bonchev–Trinajstić information content (AvgIpc) is 2.73. The fourth-order valence-corrected chi connectivity index (χ4v) is 1.94. The standard InChI is InChI=1S/C11H20N4O2S/c1-4-5-6-17-10(16)8-18-11-12-13-14-15(11)7-9(2)3/h9H,4-8H2,1-3H3. The van der Waals surface area contributed by atoms with E-state index in [2.05, 4.69) is 36.3 Å². The van der Waals surface area contributed by atoms with Crippen LogP contribution < -0.4 is 0 Å². The number of ether oxygens (including phenoxy) is 1. The first-order valence-corrected chi connectivity index (χ1v) is 7.16. The molecule has 102 valence electrons. The summed E-state index contributed by atoms with van der Waals surface area (Å²) in [5.74, 6) is 0.499. The smallest absolute Gasteiger partial charge is 0.316 e. The van der Waals surface area contributed by atoms with E-state index in [9.17, 15) is 4.79 Å². The molecule has 0 amide bonds. The topological polar surface area (TPSA) is 69.9 Å². The maximum atomic E-state index is 11.4. The van der Waals surface area contributed by atoms with Gasteiger partial charge in [0.1, 0.15) is 0 Å². The van der Waals surface area contributed by atoms with Gasteiger partial charge in [-0.1, -0.05) is 39.0 Å². The SMILES string of the molecule is CCCCOC(=O)CSc1nnnn1CC(C)C. The fourth-order valence-electron chi connectivity index (χ4n) is 1.26. The van der Waals surface area contributed by atoms with E-state index in [1.165, 1.54) is 11.8 Å². The predicted octanol–water partition coefficient (Wildman–Crippen LogP) is 1.76. The van der Waals surface area contributed by atoms with E-state index in [-0.39, 0.29) is 11.7 Å². The molecule has 1 heterocycles. The van der Waals surface area contributed by atoms with Crippen LogP contribution in [-0.2, 0) is 16.1 Å². The van der Waals surface area contributed by atoms with Crippen molar-refractivity contribution >= 4 is 17.7 Å². The van der Waals surface area contributed by atoms with Gasteiger partial charge in [-0.15, -0.1) is 5.10 Å². The Bertz CT molecular complexity index is 368. The second kappa shape index (κ2) is 8.07.